The maximum absolute atomic E-state index is 14.2. The number of aromatic nitrogens is 4. The highest BCUT2D eigenvalue weighted by Crippen LogP contribution is 2.31. The van der Waals surface area contributed by atoms with Gasteiger partial charge in [-0.2, -0.15) is 5.10 Å². The summed E-state index contributed by atoms with van der Waals surface area (Å²) >= 11 is 0. The Labute approximate surface area is 149 Å². The van der Waals surface area contributed by atoms with Gasteiger partial charge in [0.05, 0.1) is 35.3 Å². The van der Waals surface area contributed by atoms with Crippen molar-refractivity contribution in [1.82, 2.24) is 25.1 Å². The zero-order chi connectivity index (χ0) is 18.4. The first-order valence-corrected chi connectivity index (χ1v) is 8.55. The number of H-pyrrole nitrogens is 1. The number of imidazole rings is 1. The molecule has 0 saturated carbocycles. The number of benzene rings is 1. The molecule has 0 bridgehead atoms. The number of carbonyl (C=O) groups is 1. The Bertz CT molecular complexity index is 993. The smallest absolute Gasteiger partial charge is 0.270 e. The van der Waals surface area contributed by atoms with Gasteiger partial charge in [0.1, 0.15) is 11.5 Å². The van der Waals surface area contributed by atoms with Crippen molar-refractivity contribution in [3.63, 3.8) is 0 Å². The third kappa shape index (κ3) is 2.66. The number of hydrogen-bond acceptors (Lipinski definition) is 4. The molecule has 8 heteroatoms. The molecule has 26 heavy (non-hydrogen) atoms. The first-order chi connectivity index (χ1) is 12.5. The molecule has 4 rings (SSSR count). The topological polar surface area (TPSA) is 84.8 Å². The van der Waals surface area contributed by atoms with Crippen molar-refractivity contribution in [2.75, 3.05) is 0 Å². The number of aromatic amines is 1. The number of amides is 1. The highest BCUT2D eigenvalue weighted by atomic mass is 19.1. The van der Waals surface area contributed by atoms with Gasteiger partial charge < -0.3 is 15.0 Å². The predicted molar refractivity (Wildman–Crippen MR) is 93.1 cm³/mol. The molecule has 0 unspecified atom stereocenters. The molecule has 1 aliphatic heterocycles. The summed E-state index contributed by atoms with van der Waals surface area (Å²) in [5, 5.41) is 7.25. The van der Waals surface area contributed by atoms with Gasteiger partial charge in [0.2, 0.25) is 0 Å². The van der Waals surface area contributed by atoms with Crippen LogP contribution in [-0.2, 0) is 24.8 Å². The minimum atomic E-state index is -0.396. The second kappa shape index (κ2) is 6.21. The molecule has 0 saturated heterocycles. The second-order valence-electron chi connectivity index (χ2n) is 6.64. The van der Waals surface area contributed by atoms with Crippen LogP contribution in [0.4, 0.5) is 4.39 Å². The van der Waals surface area contributed by atoms with Crippen molar-refractivity contribution in [2.45, 2.75) is 39.0 Å². The third-order valence-corrected chi connectivity index (χ3v) is 4.77. The lowest BCUT2D eigenvalue weighted by Gasteiger charge is -2.24. The fraction of sp³-hybridized carbons (Fsp3) is 0.389. The Balaban J connectivity index is 1.62. The largest absolute Gasteiger partial charge is 0.369 e. The summed E-state index contributed by atoms with van der Waals surface area (Å²) in [5.41, 5.74) is 3.79. The van der Waals surface area contributed by atoms with E-state index in [9.17, 15) is 9.18 Å². The van der Waals surface area contributed by atoms with Crippen LogP contribution in [0.3, 0.4) is 0 Å². The van der Waals surface area contributed by atoms with Gasteiger partial charge in [0, 0.05) is 31.1 Å². The van der Waals surface area contributed by atoms with E-state index in [0.29, 0.717) is 23.2 Å². The second-order valence-corrected chi connectivity index (χ2v) is 6.64. The van der Waals surface area contributed by atoms with E-state index < -0.39 is 5.82 Å². The van der Waals surface area contributed by atoms with Crippen LogP contribution in [0.2, 0.25) is 0 Å². The molecule has 1 amide bonds. The Hall–Kier alpha value is -2.74. The predicted octanol–water partition coefficient (Wildman–Crippen LogP) is 2.39. The summed E-state index contributed by atoms with van der Waals surface area (Å²) in [6.07, 6.45) is 2.00. The number of carbonyl (C=O) groups excluding carboxylic acids is 1. The molecule has 2 aromatic heterocycles. The number of fused-ring (bicyclic) bond motifs is 2. The number of hydrogen-bond donors (Lipinski definition) is 2. The van der Waals surface area contributed by atoms with Crippen LogP contribution in [0, 0.1) is 5.82 Å². The zero-order valence-corrected chi connectivity index (χ0v) is 14.8. The lowest BCUT2D eigenvalue weighted by Crippen LogP contribution is -2.28. The summed E-state index contributed by atoms with van der Waals surface area (Å²) in [7, 11) is 1.74. The van der Waals surface area contributed by atoms with Gasteiger partial charge in [-0.25, -0.2) is 9.37 Å². The molecule has 2 atom stereocenters. The number of rotatable bonds is 3. The first kappa shape index (κ1) is 16.7. The van der Waals surface area contributed by atoms with Crippen LogP contribution in [0.25, 0.3) is 11.0 Å². The SMILES string of the molecule is C[C@@H]1Cc2c(nn(C)c2C(=O)NCc2c(F)ccc3[nH]cnc23)[C@H](C)O1. The van der Waals surface area contributed by atoms with Gasteiger partial charge in [0.25, 0.3) is 5.91 Å². The summed E-state index contributed by atoms with van der Waals surface area (Å²) in [6, 6.07) is 3.00. The standard InChI is InChI=1S/C18H20FN5O2/c1-9-6-11-15(10(2)26-9)23-24(3)17(11)18(25)20-7-12-13(19)4-5-14-16(12)22-8-21-14/h4-5,8-10H,6-7H2,1-3H3,(H,20,25)(H,21,22)/t9-,10+/m1/s1. The Morgan fingerprint density at radius 1 is 1.46 bits per heavy atom. The van der Waals surface area contributed by atoms with E-state index in [0.717, 1.165) is 16.8 Å². The number of aryl methyl sites for hydroxylation is 1. The lowest BCUT2D eigenvalue weighted by atomic mass is 9.99. The van der Waals surface area contributed by atoms with Crippen molar-refractivity contribution in [2.24, 2.45) is 7.05 Å². The summed E-state index contributed by atoms with van der Waals surface area (Å²) in [6.45, 7) is 3.95. The highest BCUT2D eigenvalue weighted by Gasteiger charge is 2.31. The maximum atomic E-state index is 14.2. The molecule has 0 aliphatic carbocycles. The van der Waals surface area contributed by atoms with E-state index >= 15 is 0 Å². The lowest BCUT2D eigenvalue weighted by molar-refractivity contribution is -0.00710. The average molecular weight is 357 g/mol. The van der Waals surface area contributed by atoms with E-state index in [2.05, 4.69) is 20.4 Å². The molecule has 2 N–H and O–H groups in total. The highest BCUT2D eigenvalue weighted by molar-refractivity contribution is 5.94. The van der Waals surface area contributed by atoms with E-state index in [4.69, 9.17) is 4.74 Å². The van der Waals surface area contributed by atoms with Crippen LogP contribution >= 0.6 is 0 Å². The number of nitrogens with one attached hydrogen (secondary N) is 2. The van der Waals surface area contributed by atoms with Crippen LogP contribution < -0.4 is 5.32 Å². The minimum Gasteiger partial charge on any atom is -0.369 e. The van der Waals surface area contributed by atoms with Crippen molar-refractivity contribution in [3.05, 3.63) is 46.8 Å². The molecule has 1 aromatic carbocycles. The summed E-state index contributed by atoms with van der Waals surface area (Å²) < 4.78 is 21.6. The quantitative estimate of drug-likeness (QED) is 0.754. The maximum Gasteiger partial charge on any atom is 0.270 e. The van der Waals surface area contributed by atoms with Gasteiger partial charge in [-0.1, -0.05) is 0 Å². The number of ether oxygens (including phenoxy) is 1. The summed E-state index contributed by atoms with van der Waals surface area (Å²) in [4.78, 5) is 19.9. The van der Waals surface area contributed by atoms with Crippen LogP contribution in [0.1, 0.15) is 47.3 Å². The molecule has 0 fully saturated rings. The van der Waals surface area contributed by atoms with Crippen LogP contribution in [0.15, 0.2) is 18.5 Å². The van der Waals surface area contributed by atoms with Crippen LogP contribution in [0.5, 0.6) is 0 Å². The van der Waals surface area contributed by atoms with E-state index in [1.165, 1.54) is 12.4 Å². The molecule has 0 radical (unpaired) electrons. The fourth-order valence-electron chi connectivity index (χ4n) is 3.61. The monoisotopic (exact) mass is 357 g/mol. The van der Waals surface area contributed by atoms with Gasteiger partial charge >= 0.3 is 0 Å². The van der Waals surface area contributed by atoms with Gasteiger partial charge in [-0.3, -0.25) is 9.48 Å². The Morgan fingerprint density at radius 2 is 2.27 bits per heavy atom. The number of halogens is 1. The van der Waals surface area contributed by atoms with Crippen molar-refractivity contribution in [3.8, 4) is 0 Å². The normalized spacial score (nSPS) is 19.5. The van der Waals surface area contributed by atoms with E-state index in [-0.39, 0.29) is 24.7 Å². The third-order valence-electron chi connectivity index (χ3n) is 4.77. The molecular formula is C18H20FN5O2. The zero-order valence-electron chi connectivity index (χ0n) is 14.8. The van der Waals surface area contributed by atoms with Gasteiger partial charge in [-0.05, 0) is 26.0 Å². The van der Waals surface area contributed by atoms with Crippen molar-refractivity contribution >= 4 is 16.9 Å². The van der Waals surface area contributed by atoms with Gasteiger partial charge in [0.15, 0.2) is 0 Å². The summed E-state index contributed by atoms with van der Waals surface area (Å²) in [5.74, 6) is -0.679. The molecule has 3 heterocycles. The van der Waals surface area contributed by atoms with Crippen LogP contribution in [-0.4, -0.2) is 31.8 Å². The average Bonchev–Trinajstić information content (AvgIpc) is 3.18. The van der Waals surface area contributed by atoms with Crippen molar-refractivity contribution < 1.29 is 13.9 Å². The molecule has 0 spiro atoms. The van der Waals surface area contributed by atoms with E-state index in [1.807, 2.05) is 13.8 Å². The van der Waals surface area contributed by atoms with E-state index in [1.54, 1.807) is 17.8 Å². The number of nitrogens with zero attached hydrogens (tertiary/aromatic N) is 3. The molecule has 3 aromatic rings. The Kier molecular flexibility index (Phi) is 3.99. The first-order valence-electron chi connectivity index (χ1n) is 8.55. The minimum absolute atomic E-state index is 0.0171. The molecule has 7 nitrogen and oxygen atoms in total. The molecule has 136 valence electrons. The molecular weight excluding hydrogens is 337 g/mol. The van der Waals surface area contributed by atoms with Crippen molar-refractivity contribution in [1.29, 1.82) is 0 Å². The fourth-order valence-corrected chi connectivity index (χ4v) is 3.61. The Morgan fingerprint density at radius 3 is 3.08 bits per heavy atom. The molecule has 1 aliphatic rings. The van der Waals surface area contributed by atoms with Gasteiger partial charge in [-0.15, -0.1) is 0 Å².